The fourth-order valence-electron chi connectivity index (χ4n) is 2.35. The van der Waals surface area contributed by atoms with Gasteiger partial charge in [0.15, 0.2) is 6.10 Å². The molecule has 4 nitrogen and oxygen atoms in total. The molecule has 1 aromatic heterocycles. The van der Waals surface area contributed by atoms with Crippen LogP contribution in [0.4, 0.5) is 13.2 Å². The summed E-state index contributed by atoms with van der Waals surface area (Å²) in [6, 6.07) is 3.44. The third-order valence-corrected chi connectivity index (χ3v) is 3.28. The molecule has 0 saturated carbocycles. The number of aliphatic carboxylic acids is 1. The second-order valence-corrected chi connectivity index (χ2v) is 5.02. The van der Waals surface area contributed by atoms with E-state index >= 15 is 0 Å². The summed E-state index contributed by atoms with van der Waals surface area (Å²) in [6.07, 6.45) is -5.37. The number of carboxylic acid groups (broad SMARTS) is 1. The lowest BCUT2D eigenvalue weighted by Crippen LogP contribution is -2.12. The van der Waals surface area contributed by atoms with E-state index in [2.05, 4.69) is 0 Å². The SMILES string of the molecule is CC(C)n1cc(C(O)C(=O)O)c2c(C(F)(F)F)cccc21. The molecular weight excluding hydrogens is 287 g/mol. The molecule has 1 unspecified atom stereocenters. The van der Waals surface area contributed by atoms with Crippen molar-refractivity contribution in [3.05, 3.63) is 35.5 Å². The van der Waals surface area contributed by atoms with Crippen LogP contribution >= 0.6 is 0 Å². The molecule has 1 aromatic carbocycles. The molecule has 1 heterocycles. The molecule has 21 heavy (non-hydrogen) atoms. The average molecular weight is 301 g/mol. The number of fused-ring (bicyclic) bond motifs is 1. The van der Waals surface area contributed by atoms with Gasteiger partial charge in [-0.2, -0.15) is 13.2 Å². The maximum Gasteiger partial charge on any atom is 0.417 e. The highest BCUT2D eigenvalue weighted by Crippen LogP contribution is 2.39. The van der Waals surface area contributed by atoms with Crippen LogP contribution in [0.3, 0.4) is 0 Å². The number of carboxylic acids is 1. The van der Waals surface area contributed by atoms with E-state index in [1.807, 2.05) is 0 Å². The summed E-state index contributed by atoms with van der Waals surface area (Å²) < 4.78 is 40.9. The van der Waals surface area contributed by atoms with Crippen molar-refractivity contribution in [2.45, 2.75) is 32.2 Å². The van der Waals surface area contributed by atoms with Gasteiger partial charge in [-0.1, -0.05) is 6.07 Å². The molecule has 2 N–H and O–H groups in total. The number of rotatable bonds is 3. The first-order valence-corrected chi connectivity index (χ1v) is 6.26. The highest BCUT2D eigenvalue weighted by molar-refractivity contribution is 5.92. The summed E-state index contributed by atoms with van der Waals surface area (Å²) in [5.74, 6) is -1.59. The van der Waals surface area contributed by atoms with E-state index < -0.39 is 23.8 Å². The van der Waals surface area contributed by atoms with Gasteiger partial charge in [0.1, 0.15) is 0 Å². The number of aromatic nitrogens is 1. The molecule has 0 saturated heterocycles. The number of nitrogens with zero attached hydrogens (tertiary/aromatic N) is 1. The van der Waals surface area contributed by atoms with Crippen molar-refractivity contribution < 1.29 is 28.2 Å². The van der Waals surface area contributed by atoms with Crippen molar-refractivity contribution in [3.63, 3.8) is 0 Å². The minimum absolute atomic E-state index is 0.175. The van der Waals surface area contributed by atoms with Crippen LogP contribution in [-0.2, 0) is 11.0 Å². The number of carbonyl (C=O) groups is 1. The van der Waals surface area contributed by atoms with Gasteiger partial charge in [0, 0.05) is 28.7 Å². The zero-order valence-electron chi connectivity index (χ0n) is 11.3. The summed E-state index contributed by atoms with van der Waals surface area (Å²) in [5.41, 5.74) is -0.955. The highest BCUT2D eigenvalue weighted by atomic mass is 19.4. The monoisotopic (exact) mass is 301 g/mol. The molecule has 0 spiro atoms. The maximum absolute atomic E-state index is 13.1. The van der Waals surface area contributed by atoms with Crippen LogP contribution in [-0.4, -0.2) is 20.7 Å². The normalized spacial score (nSPS) is 13.9. The summed E-state index contributed by atoms with van der Waals surface area (Å²) in [4.78, 5) is 10.9. The van der Waals surface area contributed by atoms with Gasteiger partial charge in [-0.25, -0.2) is 4.79 Å². The molecular formula is C14H14F3NO3. The summed E-state index contributed by atoms with van der Waals surface area (Å²) in [7, 11) is 0. The smallest absolute Gasteiger partial charge is 0.417 e. The molecule has 0 bridgehead atoms. The maximum atomic E-state index is 13.1. The first-order chi connectivity index (χ1) is 9.64. The number of halogens is 3. The van der Waals surface area contributed by atoms with Gasteiger partial charge in [0.05, 0.1) is 5.56 Å². The third-order valence-electron chi connectivity index (χ3n) is 3.28. The molecule has 1 atom stereocenters. The Labute approximate surface area is 118 Å². The Hall–Kier alpha value is -2.02. The minimum atomic E-state index is -4.63. The Bertz CT molecular complexity index is 689. The number of aliphatic hydroxyl groups is 1. The van der Waals surface area contributed by atoms with Crippen LogP contribution < -0.4 is 0 Å². The highest BCUT2D eigenvalue weighted by Gasteiger charge is 2.36. The number of aliphatic hydroxyl groups excluding tert-OH is 1. The van der Waals surface area contributed by atoms with E-state index in [-0.39, 0.29) is 22.5 Å². The van der Waals surface area contributed by atoms with Crippen molar-refractivity contribution in [1.29, 1.82) is 0 Å². The van der Waals surface area contributed by atoms with Gasteiger partial charge >= 0.3 is 12.1 Å². The molecule has 0 fully saturated rings. The van der Waals surface area contributed by atoms with Crippen LogP contribution in [0, 0.1) is 0 Å². The molecule has 7 heteroatoms. The molecule has 114 valence electrons. The van der Waals surface area contributed by atoms with Gasteiger partial charge < -0.3 is 14.8 Å². The van der Waals surface area contributed by atoms with E-state index in [4.69, 9.17) is 5.11 Å². The summed E-state index contributed by atoms with van der Waals surface area (Å²) in [6.45, 7) is 3.52. The Morgan fingerprint density at radius 2 is 1.90 bits per heavy atom. The number of alkyl halides is 3. The molecule has 2 rings (SSSR count). The number of hydrogen-bond donors (Lipinski definition) is 2. The van der Waals surface area contributed by atoms with Crippen molar-refractivity contribution >= 4 is 16.9 Å². The fraction of sp³-hybridized carbons (Fsp3) is 0.357. The standard InChI is InChI=1S/C14H14F3NO3/c1-7(2)18-6-8(12(19)13(20)21)11-9(14(15,16)17)4-3-5-10(11)18/h3-7,12,19H,1-2H3,(H,20,21). The molecule has 0 aliphatic carbocycles. The van der Waals surface area contributed by atoms with Gasteiger partial charge in [0.2, 0.25) is 0 Å². The van der Waals surface area contributed by atoms with Crippen molar-refractivity contribution in [2.24, 2.45) is 0 Å². The first kappa shape index (κ1) is 15.4. The van der Waals surface area contributed by atoms with Gasteiger partial charge in [-0.3, -0.25) is 0 Å². The topological polar surface area (TPSA) is 62.5 Å². The lowest BCUT2D eigenvalue weighted by Gasteiger charge is -2.12. The minimum Gasteiger partial charge on any atom is -0.479 e. The van der Waals surface area contributed by atoms with Gasteiger partial charge in [-0.15, -0.1) is 0 Å². The van der Waals surface area contributed by atoms with Gasteiger partial charge in [-0.05, 0) is 26.0 Å². The third kappa shape index (κ3) is 2.61. The lowest BCUT2D eigenvalue weighted by molar-refractivity contribution is -0.147. The largest absolute Gasteiger partial charge is 0.479 e. The zero-order valence-corrected chi connectivity index (χ0v) is 11.3. The van der Waals surface area contributed by atoms with Crippen molar-refractivity contribution in [3.8, 4) is 0 Å². The Morgan fingerprint density at radius 1 is 1.29 bits per heavy atom. The number of benzene rings is 1. The zero-order chi connectivity index (χ0) is 15.9. The van der Waals surface area contributed by atoms with Crippen LogP contribution in [0.1, 0.15) is 37.1 Å². The lowest BCUT2D eigenvalue weighted by atomic mass is 10.0. The van der Waals surface area contributed by atoms with E-state index in [0.29, 0.717) is 0 Å². The molecule has 0 amide bonds. The van der Waals surface area contributed by atoms with Crippen LogP contribution in [0.15, 0.2) is 24.4 Å². The van der Waals surface area contributed by atoms with E-state index in [0.717, 1.165) is 6.07 Å². The predicted octanol–water partition coefficient (Wildman–Crippen LogP) is 3.36. The number of hydrogen-bond acceptors (Lipinski definition) is 2. The van der Waals surface area contributed by atoms with E-state index in [1.54, 1.807) is 13.8 Å². The second-order valence-electron chi connectivity index (χ2n) is 5.02. The second kappa shape index (κ2) is 5.07. The van der Waals surface area contributed by atoms with Crippen molar-refractivity contribution in [1.82, 2.24) is 4.57 Å². The van der Waals surface area contributed by atoms with E-state index in [1.165, 1.54) is 22.9 Å². The molecule has 0 aliphatic rings. The van der Waals surface area contributed by atoms with Crippen molar-refractivity contribution in [2.75, 3.05) is 0 Å². The Kier molecular flexibility index (Phi) is 3.71. The average Bonchev–Trinajstić information content (AvgIpc) is 2.75. The van der Waals surface area contributed by atoms with Crippen LogP contribution in [0.2, 0.25) is 0 Å². The van der Waals surface area contributed by atoms with Crippen LogP contribution in [0.25, 0.3) is 10.9 Å². The fourth-order valence-corrected chi connectivity index (χ4v) is 2.35. The van der Waals surface area contributed by atoms with E-state index in [9.17, 15) is 23.1 Å². The molecule has 0 aliphatic heterocycles. The first-order valence-electron chi connectivity index (χ1n) is 6.26. The molecule has 2 aromatic rings. The Morgan fingerprint density at radius 3 is 2.38 bits per heavy atom. The van der Waals surface area contributed by atoms with Crippen LogP contribution in [0.5, 0.6) is 0 Å². The summed E-state index contributed by atoms with van der Waals surface area (Å²) in [5, 5.41) is 18.3. The quantitative estimate of drug-likeness (QED) is 0.913. The molecule has 0 radical (unpaired) electrons. The van der Waals surface area contributed by atoms with Gasteiger partial charge in [0.25, 0.3) is 0 Å². The summed E-state index contributed by atoms with van der Waals surface area (Å²) >= 11 is 0. The Balaban J connectivity index is 2.87. The predicted molar refractivity (Wildman–Crippen MR) is 69.9 cm³/mol.